The number of ether oxygens (including phenoxy) is 2. The number of carbonyl (C=O) groups is 2. The van der Waals surface area contributed by atoms with Gasteiger partial charge in [0.2, 0.25) is 0 Å². The van der Waals surface area contributed by atoms with Crippen LogP contribution in [-0.2, 0) is 14.3 Å². The molecule has 0 aromatic heterocycles. The SMILES string of the molecule is CC1CC=CCC1COC(=O)CN1C(=O)COc2cc(Br)ccc21. The molecule has 2 atom stereocenters. The van der Waals surface area contributed by atoms with Crippen LogP contribution in [0.4, 0.5) is 5.69 Å². The molecule has 5 nitrogen and oxygen atoms in total. The number of halogens is 1. The Hall–Kier alpha value is -1.82. The summed E-state index contributed by atoms with van der Waals surface area (Å²) in [6.45, 7) is 2.41. The van der Waals surface area contributed by atoms with Crippen LogP contribution in [0, 0.1) is 11.8 Å². The second kappa shape index (κ2) is 7.38. The van der Waals surface area contributed by atoms with Crippen molar-refractivity contribution >= 4 is 33.5 Å². The topological polar surface area (TPSA) is 55.8 Å². The van der Waals surface area contributed by atoms with E-state index >= 15 is 0 Å². The highest BCUT2D eigenvalue weighted by molar-refractivity contribution is 9.10. The van der Waals surface area contributed by atoms with Gasteiger partial charge >= 0.3 is 5.97 Å². The van der Waals surface area contributed by atoms with E-state index in [4.69, 9.17) is 9.47 Å². The number of esters is 1. The number of benzene rings is 1. The van der Waals surface area contributed by atoms with Crippen molar-refractivity contribution in [1.82, 2.24) is 0 Å². The molecule has 1 heterocycles. The number of amides is 1. The van der Waals surface area contributed by atoms with Crippen LogP contribution in [0.25, 0.3) is 0 Å². The van der Waals surface area contributed by atoms with Crippen molar-refractivity contribution in [2.75, 3.05) is 24.7 Å². The molecule has 6 heteroatoms. The van der Waals surface area contributed by atoms with Crippen LogP contribution in [0.1, 0.15) is 19.8 Å². The minimum Gasteiger partial charge on any atom is -0.482 e. The number of hydrogen-bond donors (Lipinski definition) is 0. The third-order valence-electron chi connectivity index (χ3n) is 4.53. The third-order valence-corrected chi connectivity index (χ3v) is 5.02. The second-order valence-electron chi connectivity index (χ2n) is 6.24. The summed E-state index contributed by atoms with van der Waals surface area (Å²) in [7, 11) is 0. The predicted octanol–water partition coefficient (Wildman–Crippen LogP) is 3.32. The van der Waals surface area contributed by atoms with Gasteiger partial charge in [-0.2, -0.15) is 0 Å². The lowest BCUT2D eigenvalue weighted by molar-refractivity contribution is -0.145. The quantitative estimate of drug-likeness (QED) is 0.581. The fourth-order valence-corrected chi connectivity index (χ4v) is 3.31. The van der Waals surface area contributed by atoms with E-state index in [-0.39, 0.29) is 25.0 Å². The van der Waals surface area contributed by atoms with Gasteiger partial charge in [-0.3, -0.25) is 14.5 Å². The molecule has 3 rings (SSSR count). The Morgan fingerprint density at radius 2 is 2.17 bits per heavy atom. The van der Waals surface area contributed by atoms with Crippen LogP contribution >= 0.6 is 15.9 Å². The molecule has 2 unspecified atom stereocenters. The van der Waals surface area contributed by atoms with E-state index in [1.807, 2.05) is 6.07 Å². The fourth-order valence-electron chi connectivity index (χ4n) is 2.97. The minimum absolute atomic E-state index is 0.0683. The number of hydrogen-bond acceptors (Lipinski definition) is 4. The van der Waals surface area contributed by atoms with Crippen LogP contribution in [0.5, 0.6) is 5.75 Å². The van der Waals surface area contributed by atoms with Gasteiger partial charge in [-0.15, -0.1) is 0 Å². The summed E-state index contributed by atoms with van der Waals surface area (Å²) >= 11 is 3.37. The van der Waals surface area contributed by atoms with Gasteiger partial charge in [0.15, 0.2) is 6.61 Å². The van der Waals surface area contributed by atoms with Gasteiger partial charge in [0.1, 0.15) is 12.3 Å². The van der Waals surface area contributed by atoms with Crippen LogP contribution < -0.4 is 9.64 Å². The molecule has 0 saturated carbocycles. The lowest BCUT2D eigenvalue weighted by Gasteiger charge is -2.29. The zero-order valence-corrected chi connectivity index (χ0v) is 15.1. The van der Waals surface area contributed by atoms with Gasteiger partial charge in [-0.25, -0.2) is 0 Å². The molecule has 1 aliphatic carbocycles. The Morgan fingerprint density at radius 1 is 1.38 bits per heavy atom. The van der Waals surface area contributed by atoms with Crippen molar-refractivity contribution in [1.29, 1.82) is 0 Å². The van der Waals surface area contributed by atoms with Crippen molar-refractivity contribution < 1.29 is 19.1 Å². The Bertz CT molecular complexity index is 673. The molecule has 1 aliphatic heterocycles. The first-order chi connectivity index (χ1) is 11.5. The largest absolute Gasteiger partial charge is 0.482 e. The predicted molar refractivity (Wildman–Crippen MR) is 94.0 cm³/mol. The summed E-state index contributed by atoms with van der Waals surface area (Å²) in [4.78, 5) is 25.7. The molecule has 24 heavy (non-hydrogen) atoms. The van der Waals surface area contributed by atoms with Gasteiger partial charge in [0, 0.05) is 4.47 Å². The zero-order valence-electron chi connectivity index (χ0n) is 13.5. The average Bonchev–Trinajstić information content (AvgIpc) is 2.57. The Morgan fingerprint density at radius 3 is 2.96 bits per heavy atom. The maximum Gasteiger partial charge on any atom is 0.326 e. The molecule has 0 fully saturated rings. The average molecular weight is 394 g/mol. The molecule has 0 spiro atoms. The van der Waals surface area contributed by atoms with Gasteiger partial charge in [-0.1, -0.05) is 35.0 Å². The van der Waals surface area contributed by atoms with E-state index in [1.54, 1.807) is 12.1 Å². The molecule has 0 radical (unpaired) electrons. The van der Waals surface area contributed by atoms with Crippen LogP contribution in [-0.4, -0.2) is 31.6 Å². The second-order valence-corrected chi connectivity index (χ2v) is 7.16. The number of fused-ring (bicyclic) bond motifs is 1. The van der Waals surface area contributed by atoms with Gasteiger partial charge < -0.3 is 9.47 Å². The summed E-state index contributed by atoms with van der Waals surface area (Å²) in [6, 6.07) is 5.36. The highest BCUT2D eigenvalue weighted by atomic mass is 79.9. The summed E-state index contributed by atoms with van der Waals surface area (Å²) in [5, 5.41) is 0. The van der Waals surface area contributed by atoms with E-state index in [9.17, 15) is 9.59 Å². The number of allylic oxidation sites excluding steroid dienone is 2. The zero-order chi connectivity index (χ0) is 17.1. The Kier molecular flexibility index (Phi) is 5.23. The molecule has 128 valence electrons. The first-order valence-electron chi connectivity index (χ1n) is 8.08. The summed E-state index contributed by atoms with van der Waals surface area (Å²) in [5.41, 5.74) is 0.598. The van der Waals surface area contributed by atoms with E-state index in [0.717, 1.165) is 17.3 Å². The normalized spacial score (nSPS) is 22.8. The number of rotatable bonds is 4. The van der Waals surface area contributed by atoms with Crippen molar-refractivity contribution in [2.24, 2.45) is 11.8 Å². The van der Waals surface area contributed by atoms with Crippen LogP contribution in [0.3, 0.4) is 0 Å². The fraction of sp³-hybridized carbons (Fsp3) is 0.444. The third kappa shape index (κ3) is 3.80. The number of carbonyl (C=O) groups excluding carboxylic acids is 2. The Balaban J connectivity index is 1.62. The van der Waals surface area contributed by atoms with Crippen molar-refractivity contribution in [2.45, 2.75) is 19.8 Å². The first kappa shape index (κ1) is 17.0. The van der Waals surface area contributed by atoms with E-state index in [1.165, 1.54) is 4.90 Å². The van der Waals surface area contributed by atoms with Crippen molar-refractivity contribution in [3.63, 3.8) is 0 Å². The lowest BCUT2D eigenvalue weighted by Crippen LogP contribution is -2.42. The van der Waals surface area contributed by atoms with Gasteiger partial charge in [-0.05, 0) is 42.9 Å². The molecule has 1 amide bonds. The number of nitrogens with zero attached hydrogens (tertiary/aromatic N) is 1. The van der Waals surface area contributed by atoms with Gasteiger partial charge in [0.25, 0.3) is 5.91 Å². The highest BCUT2D eigenvalue weighted by Gasteiger charge is 2.28. The molecule has 2 aliphatic rings. The van der Waals surface area contributed by atoms with E-state index < -0.39 is 0 Å². The number of anilines is 1. The van der Waals surface area contributed by atoms with Crippen molar-refractivity contribution in [3.05, 3.63) is 34.8 Å². The van der Waals surface area contributed by atoms with E-state index in [2.05, 4.69) is 35.0 Å². The molecule has 1 aromatic rings. The summed E-state index contributed by atoms with van der Waals surface area (Å²) in [5.74, 6) is 0.813. The first-order valence-corrected chi connectivity index (χ1v) is 8.87. The smallest absolute Gasteiger partial charge is 0.326 e. The Labute approximate surface area is 149 Å². The summed E-state index contributed by atoms with van der Waals surface area (Å²) < 4.78 is 11.7. The molecule has 0 N–H and O–H groups in total. The molecular formula is C18H20BrNO4. The maximum absolute atomic E-state index is 12.2. The maximum atomic E-state index is 12.2. The summed E-state index contributed by atoms with van der Waals surface area (Å²) in [6.07, 6.45) is 6.26. The standard InChI is InChI=1S/C18H20BrNO4/c1-12-4-2-3-5-13(12)10-24-18(22)9-20-15-7-6-14(19)8-16(15)23-11-17(20)21/h2-3,6-8,12-13H,4-5,9-11H2,1H3. The van der Waals surface area contributed by atoms with Crippen LogP contribution in [0.2, 0.25) is 0 Å². The minimum atomic E-state index is -0.388. The van der Waals surface area contributed by atoms with Gasteiger partial charge in [0.05, 0.1) is 12.3 Å². The van der Waals surface area contributed by atoms with Crippen molar-refractivity contribution in [3.8, 4) is 5.75 Å². The monoisotopic (exact) mass is 393 g/mol. The molecule has 0 bridgehead atoms. The molecular weight excluding hydrogens is 374 g/mol. The van der Waals surface area contributed by atoms with Crippen LogP contribution in [0.15, 0.2) is 34.8 Å². The molecule has 1 aromatic carbocycles. The molecule has 0 saturated heterocycles. The van der Waals surface area contributed by atoms with E-state index in [0.29, 0.717) is 29.9 Å². The lowest BCUT2D eigenvalue weighted by atomic mass is 9.85. The highest BCUT2D eigenvalue weighted by Crippen LogP contribution is 2.34.